The Morgan fingerprint density at radius 1 is 0.889 bits per heavy atom. The molecule has 1 N–H and O–H groups in total. The van der Waals surface area contributed by atoms with Crippen molar-refractivity contribution in [3.05, 3.63) is 34.9 Å². The molecule has 0 bridgehead atoms. The standard InChI is InChI=1S/C17H30O/c1-5-17(13-8-14-18)12-7-11-16(4)10-6-9-15(2)3/h9,11,13,18H,5-8,10,12,14H2,1-4H3. The van der Waals surface area contributed by atoms with Gasteiger partial charge in [0.1, 0.15) is 0 Å². The van der Waals surface area contributed by atoms with E-state index in [2.05, 4.69) is 45.9 Å². The van der Waals surface area contributed by atoms with E-state index in [0.29, 0.717) is 0 Å². The second-order valence-corrected chi connectivity index (χ2v) is 5.14. The summed E-state index contributed by atoms with van der Waals surface area (Å²) in [4.78, 5) is 0. The van der Waals surface area contributed by atoms with Gasteiger partial charge in [-0.25, -0.2) is 0 Å². The molecule has 18 heavy (non-hydrogen) atoms. The van der Waals surface area contributed by atoms with Crippen LogP contribution in [-0.2, 0) is 0 Å². The van der Waals surface area contributed by atoms with Crippen LogP contribution in [0.3, 0.4) is 0 Å². The SMILES string of the molecule is CCC(=CCCO)CCC=C(C)CCC=C(C)C. The molecule has 1 heteroatoms. The minimum atomic E-state index is 0.265. The monoisotopic (exact) mass is 250 g/mol. The number of aliphatic hydroxyl groups is 1. The fourth-order valence-electron chi connectivity index (χ4n) is 1.89. The molecule has 0 unspecified atom stereocenters. The Morgan fingerprint density at radius 2 is 1.56 bits per heavy atom. The fourth-order valence-corrected chi connectivity index (χ4v) is 1.89. The van der Waals surface area contributed by atoms with E-state index in [0.717, 1.165) is 32.1 Å². The highest BCUT2D eigenvalue weighted by Crippen LogP contribution is 2.14. The van der Waals surface area contributed by atoms with Crippen LogP contribution < -0.4 is 0 Å². The molecular weight excluding hydrogens is 220 g/mol. The summed E-state index contributed by atoms with van der Waals surface area (Å²) in [5, 5.41) is 8.80. The maximum absolute atomic E-state index is 8.80. The van der Waals surface area contributed by atoms with Gasteiger partial charge in [-0.15, -0.1) is 0 Å². The van der Waals surface area contributed by atoms with E-state index >= 15 is 0 Å². The molecule has 0 fully saturated rings. The molecule has 0 aromatic carbocycles. The molecule has 0 spiro atoms. The molecule has 0 saturated heterocycles. The smallest absolute Gasteiger partial charge is 0.0465 e. The van der Waals surface area contributed by atoms with Gasteiger partial charge in [0.25, 0.3) is 0 Å². The lowest BCUT2D eigenvalue weighted by molar-refractivity contribution is 0.302. The summed E-state index contributed by atoms with van der Waals surface area (Å²) in [5.74, 6) is 0. The van der Waals surface area contributed by atoms with Gasteiger partial charge in [0.05, 0.1) is 0 Å². The van der Waals surface area contributed by atoms with Crippen LogP contribution in [0.1, 0.15) is 66.2 Å². The van der Waals surface area contributed by atoms with Crippen LogP contribution in [0, 0.1) is 0 Å². The Balaban J connectivity index is 3.94. The molecule has 0 atom stereocenters. The van der Waals surface area contributed by atoms with E-state index < -0.39 is 0 Å². The first-order valence-corrected chi connectivity index (χ1v) is 7.17. The molecule has 0 aromatic heterocycles. The average molecular weight is 250 g/mol. The number of rotatable bonds is 9. The third-order valence-corrected chi connectivity index (χ3v) is 3.07. The lowest BCUT2D eigenvalue weighted by Gasteiger charge is -2.03. The first kappa shape index (κ1) is 17.2. The second-order valence-electron chi connectivity index (χ2n) is 5.14. The highest BCUT2D eigenvalue weighted by molar-refractivity contribution is 5.06. The highest BCUT2D eigenvalue weighted by atomic mass is 16.2. The molecule has 0 aromatic rings. The van der Waals surface area contributed by atoms with Crippen molar-refractivity contribution in [2.24, 2.45) is 0 Å². The Morgan fingerprint density at radius 3 is 2.11 bits per heavy atom. The van der Waals surface area contributed by atoms with Crippen LogP contribution >= 0.6 is 0 Å². The summed E-state index contributed by atoms with van der Waals surface area (Å²) in [6, 6.07) is 0. The van der Waals surface area contributed by atoms with Crippen molar-refractivity contribution in [2.75, 3.05) is 6.61 Å². The van der Waals surface area contributed by atoms with Crippen LogP contribution in [0.25, 0.3) is 0 Å². The maximum atomic E-state index is 8.80. The van der Waals surface area contributed by atoms with E-state index in [4.69, 9.17) is 5.11 Å². The molecule has 1 nitrogen and oxygen atoms in total. The Hall–Kier alpha value is -0.820. The molecule has 0 saturated carbocycles. The Kier molecular flexibility index (Phi) is 10.8. The summed E-state index contributed by atoms with van der Waals surface area (Å²) in [7, 11) is 0. The van der Waals surface area contributed by atoms with E-state index in [1.807, 2.05) is 0 Å². The predicted octanol–water partition coefficient (Wildman–Crippen LogP) is 5.18. The van der Waals surface area contributed by atoms with Gasteiger partial charge in [0.15, 0.2) is 0 Å². The highest BCUT2D eigenvalue weighted by Gasteiger charge is 1.94. The lowest BCUT2D eigenvalue weighted by atomic mass is 10.0. The van der Waals surface area contributed by atoms with Crippen molar-refractivity contribution in [3.8, 4) is 0 Å². The predicted molar refractivity (Wildman–Crippen MR) is 81.7 cm³/mol. The topological polar surface area (TPSA) is 20.2 Å². The van der Waals surface area contributed by atoms with E-state index in [-0.39, 0.29) is 6.61 Å². The van der Waals surface area contributed by atoms with Crippen molar-refractivity contribution in [2.45, 2.75) is 66.2 Å². The van der Waals surface area contributed by atoms with Gasteiger partial charge >= 0.3 is 0 Å². The average Bonchev–Trinajstić information content (AvgIpc) is 2.33. The molecule has 104 valence electrons. The van der Waals surface area contributed by atoms with Crippen molar-refractivity contribution in [3.63, 3.8) is 0 Å². The van der Waals surface area contributed by atoms with Gasteiger partial charge in [-0.3, -0.25) is 0 Å². The summed E-state index contributed by atoms with van der Waals surface area (Å²) in [6.07, 6.45) is 13.3. The molecule has 0 heterocycles. The largest absolute Gasteiger partial charge is 0.396 e. The van der Waals surface area contributed by atoms with Crippen molar-refractivity contribution in [1.29, 1.82) is 0 Å². The number of aliphatic hydroxyl groups excluding tert-OH is 1. The minimum Gasteiger partial charge on any atom is -0.396 e. The molecule has 0 aliphatic heterocycles. The maximum Gasteiger partial charge on any atom is 0.0465 e. The third kappa shape index (κ3) is 10.3. The quantitative estimate of drug-likeness (QED) is 0.559. The summed E-state index contributed by atoms with van der Waals surface area (Å²) in [5.41, 5.74) is 4.37. The van der Waals surface area contributed by atoms with Crippen LogP contribution in [0.4, 0.5) is 0 Å². The fraction of sp³-hybridized carbons (Fsp3) is 0.647. The van der Waals surface area contributed by atoms with Gasteiger partial charge in [-0.05, 0) is 59.3 Å². The van der Waals surface area contributed by atoms with Crippen LogP contribution in [0.15, 0.2) is 34.9 Å². The van der Waals surface area contributed by atoms with Gasteiger partial charge in [0, 0.05) is 6.61 Å². The zero-order valence-corrected chi connectivity index (χ0v) is 12.6. The molecule has 0 radical (unpaired) electrons. The van der Waals surface area contributed by atoms with Gasteiger partial charge < -0.3 is 5.11 Å². The van der Waals surface area contributed by atoms with Crippen molar-refractivity contribution in [1.82, 2.24) is 0 Å². The first-order valence-electron chi connectivity index (χ1n) is 7.17. The zero-order valence-electron chi connectivity index (χ0n) is 12.6. The molecular formula is C17H30O. The molecule has 0 aliphatic carbocycles. The van der Waals surface area contributed by atoms with E-state index in [9.17, 15) is 0 Å². The summed E-state index contributed by atoms with van der Waals surface area (Å²) < 4.78 is 0. The third-order valence-electron chi connectivity index (χ3n) is 3.07. The van der Waals surface area contributed by atoms with Crippen molar-refractivity contribution < 1.29 is 5.11 Å². The minimum absolute atomic E-state index is 0.265. The number of hydrogen-bond donors (Lipinski definition) is 1. The summed E-state index contributed by atoms with van der Waals surface area (Å²) in [6.45, 7) is 8.98. The van der Waals surface area contributed by atoms with Crippen LogP contribution in [0.2, 0.25) is 0 Å². The Labute approximate surface area is 113 Å². The first-order chi connectivity index (χ1) is 8.60. The summed E-state index contributed by atoms with van der Waals surface area (Å²) >= 11 is 0. The van der Waals surface area contributed by atoms with Gasteiger partial charge in [-0.2, -0.15) is 0 Å². The second kappa shape index (κ2) is 11.3. The molecule has 0 aliphatic rings. The van der Waals surface area contributed by atoms with Gasteiger partial charge in [-0.1, -0.05) is 41.9 Å². The Bertz CT molecular complexity index is 291. The van der Waals surface area contributed by atoms with Crippen LogP contribution in [0.5, 0.6) is 0 Å². The molecule has 0 rings (SSSR count). The van der Waals surface area contributed by atoms with Crippen molar-refractivity contribution >= 4 is 0 Å². The van der Waals surface area contributed by atoms with Crippen LogP contribution in [-0.4, -0.2) is 11.7 Å². The molecule has 0 amide bonds. The number of hydrogen-bond acceptors (Lipinski definition) is 1. The number of allylic oxidation sites excluding steroid dienone is 5. The van der Waals surface area contributed by atoms with E-state index in [1.54, 1.807) is 0 Å². The van der Waals surface area contributed by atoms with Gasteiger partial charge in [0.2, 0.25) is 0 Å². The van der Waals surface area contributed by atoms with E-state index in [1.165, 1.54) is 23.1 Å². The lowest BCUT2D eigenvalue weighted by Crippen LogP contribution is -1.85. The zero-order chi connectivity index (χ0) is 13.8. The normalized spacial score (nSPS) is 12.7.